The van der Waals surface area contributed by atoms with Crippen molar-refractivity contribution in [3.63, 3.8) is 0 Å². The van der Waals surface area contributed by atoms with Gasteiger partial charge < -0.3 is 21.5 Å². The van der Waals surface area contributed by atoms with Crippen LogP contribution in [0, 0.1) is 0 Å². The summed E-state index contributed by atoms with van der Waals surface area (Å²) in [6.07, 6.45) is -0.364. The highest BCUT2D eigenvalue weighted by Crippen LogP contribution is 2.23. The van der Waals surface area contributed by atoms with E-state index >= 15 is 0 Å². The summed E-state index contributed by atoms with van der Waals surface area (Å²) in [5.74, 6) is -0.470. The molecule has 0 aliphatic heterocycles. The molecule has 0 spiro atoms. The number of halogens is 1. The molecule has 0 heterocycles. The zero-order chi connectivity index (χ0) is 13.5. The lowest BCUT2D eigenvalue weighted by Crippen LogP contribution is -2.29. The number of anilines is 1. The Morgan fingerprint density at radius 1 is 1.50 bits per heavy atom. The molecule has 1 rings (SSSR count). The topological polar surface area (TPSA) is 87.4 Å². The number of rotatable bonds is 7. The van der Waals surface area contributed by atoms with Gasteiger partial charge in [0, 0.05) is 29.8 Å². The van der Waals surface area contributed by atoms with Gasteiger partial charge in [0.05, 0.1) is 11.7 Å². The van der Waals surface area contributed by atoms with Gasteiger partial charge in [-0.3, -0.25) is 4.79 Å². The van der Waals surface area contributed by atoms with Gasteiger partial charge in [-0.05, 0) is 35.0 Å². The van der Waals surface area contributed by atoms with Crippen LogP contribution in [0.2, 0.25) is 0 Å². The molecule has 0 bridgehead atoms. The number of amides is 1. The average molecular weight is 316 g/mol. The number of benzene rings is 1. The van der Waals surface area contributed by atoms with E-state index in [-0.39, 0.29) is 6.10 Å². The van der Waals surface area contributed by atoms with E-state index in [0.29, 0.717) is 35.4 Å². The Balaban J connectivity index is 2.52. The molecule has 0 saturated heterocycles. The van der Waals surface area contributed by atoms with Crippen LogP contribution < -0.4 is 16.4 Å². The third kappa shape index (κ3) is 4.64. The summed E-state index contributed by atoms with van der Waals surface area (Å²) in [6, 6.07) is 5.42. The zero-order valence-corrected chi connectivity index (χ0v) is 11.8. The fourth-order valence-corrected chi connectivity index (χ4v) is 2.08. The molecule has 1 atom stereocenters. The fourth-order valence-electron chi connectivity index (χ4n) is 1.52. The molecule has 0 radical (unpaired) electrons. The minimum Gasteiger partial charge on any atom is -0.392 e. The Bertz CT molecular complexity index is 410. The Hall–Kier alpha value is -1.11. The van der Waals surface area contributed by atoms with E-state index in [2.05, 4.69) is 26.6 Å². The predicted molar refractivity (Wildman–Crippen MR) is 75.7 cm³/mol. The van der Waals surface area contributed by atoms with Crippen LogP contribution in [-0.4, -0.2) is 36.8 Å². The summed E-state index contributed by atoms with van der Waals surface area (Å²) in [5.41, 5.74) is 6.48. The van der Waals surface area contributed by atoms with Gasteiger partial charge in [0.15, 0.2) is 0 Å². The van der Waals surface area contributed by atoms with Crippen LogP contribution in [0.3, 0.4) is 0 Å². The van der Waals surface area contributed by atoms with Crippen LogP contribution in [-0.2, 0) is 0 Å². The highest BCUT2D eigenvalue weighted by Gasteiger charge is 2.11. The van der Waals surface area contributed by atoms with Crippen molar-refractivity contribution >= 4 is 27.5 Å². The first-order valence-corrected chi connectivity index (χ1v) is 6.52. The van der Waals surface area contributed by atoms with Crippen LogP contribution in [0.5, 0.6) is 0 Å². The predicted octanol–water partition coefficient (Wildman–Crippen LogP) is 0.930. The summed E-state index contributed by atoms with van der Waals surface area (Å²) >= 11 is 3.30. The van der Waals surface area contributed by atoms with E-state index in [0.717, 1.165) is 0 Å². The smallest absolute Gasteiger partial charge is 0.251 e. The minimum atomic E-state index is -0.470. The van der Waals surface area contributed by atoms with Gasteiger partial charge in [-0.15, -0.1) is 0 Å². The molecule has 0 aliphatic rings. The number of nitrogens with two attached hydrogens (primary N) is 1. The SMILES string of the molecule is CC(O)CNCCNc1cccc(Br)c1C(N)=O. The van der Waals surface area contributed by atoms with Gasteiger partial charge >= 0.3 is 0 Å². The highest BCUT2D eigenvalue weighted by molar-refractivity contribution is 9.10. The number of nitrogens with one attached hydrogen (secondary N) is 2. The van der Waals surface area contributed by atoms with Crippen molar-refractivity contribution in [3.05, 3.63) is 28.2 Å². The number of hydrogen-bond donors (Lipinski definition) is 4. The van der Waals surface area contributed by atoms with Crippen LogP contribution in [0.25, 0.3) is 0 Å². The van der Waals surface area contributed by atoms with Crippen molar-refractivity contribution in [2.24, 2.45) is 5.73 Å². The third-order valence-electron chi connectivity index (χ3n) is 2.32. The standard InChI is InChI=1S/C12H18BrN3O2/c1-8(17)7-15-5-6-16-10-4-2-3-9(13)11(10)12(14)18/h2-4,8,15-17H,5-7H2,1H3,(H2,14,18). The Kier molecular flexibility index (Phi) is 6.11. The van der Waals surface area contributed by atoms with E-state index in [1.165, 1.54) is 0 Å². The van der Waals surface area contributed by atoms with Crippen LogP contribution in [0.4, 0.5) is 5.69 Å². The second-order valence-corrected chi connectivity index (χ2v) is 4.86. The molecule has 1 aromatic carbocycles. The highest BCUT2D eigenvalue weighted by atomic mass is 79.9. The quantitative estimate of drug-likeness (QED) is 0.564. The molecule has 18 heavy (non-hydrogen) atoms. The normalized spacial score (nSPS) is 12.2. The monoisotopic (exact) mass is 315 g/mol. The lowest BCUT2D eigenvalue weighted by molar-refractivity contribution is 0.100. The van der Waals surface area contributed by atoms with Crippen molar-refractivity contribution in [1.29, 1.82) is 0 Å². The fraction of sp³-hybridized carbons (Fsp3) is 0.417. The summed E-state index contributed by atoms with van der Waals surface area (Å²) in [4.78, 5) is 11.3. The molecule has 0 fully saturated rings. The molecular weight excluding hydrogens is 298 g/mol. The largest absolute Gasteiger partial charge is 0.392 e. The van der Waals surface area contributed by atoms with Gasteiger partial charge in [-0.1, -0.05) is 6.07 Å². The van der Waals surface area contributed by atoms with Crippen molar-refractivity contribution in [1.82, 2.24) is 5.32 Å². The molecule has 0 saturated carbocycles. The molecule has 0 aliphatic carbocycles. The van der Waals surface area contributed by atoms with Crippen molar-refractivity contribution < 1.29 is 9.90 Å². The van der Waals surface area contributed by atoms with Crippen LogP contribution in [0.15, 0.2) is 22.7 Å². The Labute approximate surface area is 115 Å². The number of hydrogen-bond acceptors (Lipinski definition) is 4. The first-order chi connectivity index (χ1) is 8.52. The second-order valence-electron chi connectivity index (χ2n) is 4.01. The Morgan fingerprint density at radius 2 is 2.22 bits per heavy atom. The van der Waals surface area contributed by atoms with Crippen molar-refractivity contribution in [2.75, 3.05) is 25.0 Å². The summed E-state index contributed by atoms with van der Waals surface area (Å²) < 4.78 is 0.678. The number of aliphatic hydroxyl groups excluding tert-OH is 1. The van der Waals surface area contributed by atoms with Crippen LogP contribution in [0.1, 0.15) is 17.3 Å². The second kappa shape index (κ2) is 7.35. The van der Waals surface area contributed by atoms with Crippen LogP contribution >= 0.6 is 15.9 Å². The van der Waals surface area contributed by atoms with E-state index in [1.807, 2.05) is 6.07 Å². The summed E-state index contributed by atoms with van der Waals surface area (Å²) in [6.45, 7) is 3.60. The van der Waals surface area contributed by atoms with Crippen molar-refractivity contribution in [2.45, 2.75) is 13.0 Å². The maximum atomic E-state index is 11.3. The number of primary amides is 1. The Morgan fingerprint density at radius 3 is 2.83 bits per heavy atom. The van der Waals surface area contributed by atoms with E-state index in [4.69, 9.17) is 10.8 Å². The van der Waals surface area contributed by atoms with E-state index < -0.39 is 5.91 Å². The molecular formula is C12H18BrN3O2. The maximum absolute atomic E-state index is 11.3. The van der Waals surface area contributed by atoms with Crippen molar-refractivity contribution in [3.8, 4) is 0 Å². The first-order valence-electron chi connectivity index (χ1n) is 5.73. The number of aliphatic hydroxyl groups is 1. The minimum absolute atomic E-state index is 0.364. The summed E-state index contributed by atoms with van der Waals surface area (Å²) in [7, 11) is 0. The maximum Gasteiger partial charge on any atom is 0.251 e. The van der Waals surface area contributed by atoms with E-state index in [1.54, 1.807) is 19.1 Å². The first kappa shape index (κ1) is 14.9. The van der Waals surface area contributed by atoms with Gasteiger partial charge in [0.2, 0.25) is 0 Å². The summed E-state index contributed by atoms with van der Waals surface area (Å²) in [5, 5.41) is 15.3. The third-order valence-corrected chi connectivity index (χ3v) is 2.98. The molecule has 100 valence electrons. The van der Waals surface area contributed by atoms with Gasteiger partial charge in [-0.25, -0.2) is 0 Å². The lowest BCUT2D eigenvalue weighted by atomic mass is 10.1. The zero-order valence-electron chi connectivity index (χ0n) is 10.2. The molecule has 1 amide bonds. The molecule has 6 heteroatoms. The lowest BCUT2D eigenvalue weighted by Gasteiger charge is -2.12. The van der Waals surface area contributed by atoms with Gasteiger partial charge in [0.1, 0.15) is 0 Å². The average Bonchev–Trinajstić information content (AvgIpc) is 2.27. The molecule has 1 aromatic rings. The molecule has 5 nitrogen and oxygen atoms in total. The molecule has 5 N–H and O–H groups in total. The van der Waals surface area contributed by atoms with Gasteiger partial charge in [0.25, 0.3) is 5.91 Å². The van der Waals surface area contributed by atoms with Gasteiger partial charge in [-0.2, -0.15) is 0 Å². The number of carbonyl (C=O) groups excluding carboxylic acids is 1. The number of carbonyl (C=O) groups is 1. The molecule has 0 aromatic heterocycles. The molecule has 1 unspecified atom stereocenters. The van der Waals surface area contributed by atoms with E-state index in [9.17, 15) is 4.79 Å².